The summed E-state index contributed by atoms with van der Waals surface area (Å²) in [5.74, 6) is 1.55. The van der Waals surface area contributed by atoms with Gasteiger partial charge in [-0.25, -0.2) is 4.79 Å². The Morgan fingerprint density at radius 1 is 1.04 bits per heavy atom. The quantitative estimate of drug-likeness (QED) is 0.628. The molecule has 0 bridgehead atoms. The number of hydrogen-bond donors (Lipinski definition) is 0. The Morgan fingerprint density at radius 3 is 2.43 bits per heavy atom. The normalized spacial score (nSPS) is 12.8. The number of hydrogen-bond acceptors (Lipinski definition) is 5. The molecule has 0 saturated heterocycles. The lowest BCUT2D eigenvalue weighted by atomic mass is 10.1. The monoisotopic (exact) mass is 334 g/mol. The average Bonchev–Trinajstić information content (AvgIpc) is 2.97. The topological polar surface area (TPSA) is 54.0 Å². The molecule has 5 nitrogen and oxygen atoms in total. The molecular weight excluding hydrogens is 320 g/mol. The van der Waals surface area contributed by atoms with Gasteiger partial charge in [-0.2, -0.15) is 0 Å². The predicted molar refractivity (Wildman–Crippen MR) is 84.4 cm³/mol. The van der Waals surface area contributed by atoms with Crippen molar-refractivity contribution in [3.63, 3.8) is 0 Å². The fourth-order valence-corrected chi connectivity index (χ4v) is 2.14. The van der Waals surface area contributed by atoms with Crippen molar-refractivity contribution in [2.24, 2.45) is 0 Å². The molecule has 6 heteroatoms. The van der Waals surface area contributed by atoms with Crippen molar-refractivity contribution < 1.29 is 23.7 Å². The Labute approximate surface area is 138 Å². The van der Waals surface area contributed by atoms with Crippen LogP contribution in [0.15, 0.2) is 42.5 Å². The lowest BCUT2D eigenvalue weighted by Gasteiger charge is -2.24. The summed E-state index contributed by atoms with van der Waals surface area (Å²) in [6.45, 7) is 3.44. The number of esters is 1. The van der Waals surface area contributed by atoms with E-state index in [9.17, 15) is 4.79 Å². The standard InChI is InChI=1S/C17H15ClO5/c1-17(2,23-12-5-3-11(18)4-6-12)16(19)22-13-7-8-14-15(9-13)21-10-20-14/h3-9H,10H2,1-2H3. The molecule has 0 aromatic heterocycles. The minimum Gasteiger partial charge on any atom is -0.476 e. The van der Waals surface area contributed by atoms with E-state index >= 15 is 0 Å². The first kappa shape index (κ1) is 15.5. The van der Waals surface area contributed by atoms with Crippen molar-refractivity contribution in [1.29, 1.82) is 0 Å². The summed E-state index contributed by atoms with van der Waals surface area (Å²) in [7, 11) is 0. The van der Waals surface area contributed by atoms with Crippen molar-refractivity contribution in [1.82, 2.24) is 0 Å². The molecule has 0 fully saturated rings. The highest BCUT2D eigenvalue weighted by Gasteiger charge is 2.32. The summed E-state index contributed by atoms with van der Waals surface area (Å²) < 4.78 is 21.5. The van der Waals surface area contributed by atoms with Crippen molar-refractivity contribution in [2.45, 2.75) is 19.4 Å². The molecule has 0 saturated carbocycles. The van der Waals surface area contributed by atoms with Crippen LogP contribution in [0.5, 0.6) is 23.0 Å². The predicted octanol–water partition coefficient (Wildman–Crippen LogP) is 3.83. The molecule has 2 aromatic rings. The third-order valence-electron chi connectivity index (χ3n) is 3.23. The number of halogens is 1. The van der Waals surface area contributed by atoms with Crippen LogP contribution in [-0.2, 0) is 4.79 Å². The van der Waals surface area contributed by atoms with Crippen LogP contribution in [0, 0.1) is 0 Å². The van der Waals surface area contributed by atoms with Crippen molar-refractivity contribution in [3.05, 3.63) is 47.5 Å². The van der Waals surface area contributed by atoms with Gasteiger partial charge in [0.05, 0.1) is 0 Å². The van der Waals surface area contributed by atoms with Gasteiger partial charge in [0.15, 0.2) is 11.5 Å². The maximum atomic E-state index is 12.4. The first-order chi connectivity index (χ1) is 10.9. The number of rotatable bonds is 4. The van der Waals surface area contributed by atoms with Gasteiger partial charge in [-0.05, 0) is 50.2 Å². The minimum absolute atomic E-state index is 0.165. The maximum Gasteiger partial charge on any atom is 0.355 e. The van der Waals surface area contributed by atoms with Gasteiger partial charge in [0, 0.05) is 11.1 Å². The van der Waals surface area contributed by atoms with Crippen LogP contribution in [0.4, 0.5) is 0 Å². The Bertz CT molecular complexity index is 724. The number of carbonyl (C=O) groups is 1. The Morgan fingerprint density at radius 2 is 1.70 bits per heavy atom. The molecule has 0 amide bonds. The summed E-state index contributed by atoms with van der Waals surface area (Å²) in [5, 5.41) is 0.595. The molecule has 0 atom stereocenters. The number of benzene rings is 2. The van der Waals surface area contributed by atoms with E-state index in [-0.39, 0.29) is 6.79 Å². The van der Waals surface area contributed by atoms with Crippen LogP contribution in [0.1, 0.15) is 13.8 Å². The average molecular weight is 335 g/mol. The zero-order valence-electron chi connectivity index (χ0n) is 12.7. The highest BCUT2D eigenvalue weighted by atomic mass is 35.5. The van der Waals surface area contributed by atoms with Crippen LogP contribution in [0.25, 0.3) is 0 Å². The summed E-state index contributed by atoms with van der Waals surface area (Å²) in [6.07, 6.45) is 0. The summed E-state index contributed by atoms with van der Waals surface area (Å²) >= 11 is 5.83. The fraction of sp³-hybridized carbons (Fsp3) is 0.235. The van der Waals surface area contributed by atoms with Gasteiger partial charge in [-0.15, -0.1) is 0 Å². The van der Waals surface area contributed by atoms with Crippen LogP contribution in [0.2, 0.25) is 5.02 Å². The van der Waals surface area contributed by atoms with Gasteiger partial charge in [0.1, 0.15) is 11.5 Å². The van der Waals surface area contributed by atoms with E-state index in [0.717, 1.165) is 0 Å². The summed E-state index contributed by atoms with van der Waals surface area (Å²) in [4.78, 5) is 12.4. The third kappa shape index (κ3) is 3.51. The first-order valence-corrected chi connectivity index (χ1v) is 7.38. The molecule has 3 rings (SSSR count). The Kier molecular flexibility index (Phi) is 4.05. The van der Waals surface area contributed by atoms with E-state index in [4.69, 9.17) is 30.5 Å². The van der Waals surface area contributed by atoms with E-state index in [2.05, 4.69) is 0 Å². The van der Waals surface area contributed by atoms with E-state index in [1.807, 2.05) is 0 Å². The molecule has 1 aliphatic heterocycles. The summed E-state index contributed by atoms with van der Waals surface area (Å²) in [6, 6.07) is 11.7. The van der Waals surface area contributed by atoms with Crippen molar-refractivity contribution in [3.8, 4) is 23.0 Å². The van der Waals surface area contributed by atoms with Gasteiger partial charge in [-0.1, -0.05) is 11.6 Å². The molecular formula is C17H15ClO5. The van der Waals surface area contributed by atoms with Crippen LogP contribution in [0.3, 0.4) is 0 Å². The van der Waals surface area contributed by atoms with Crippen molar-refractivity contribution in [2.75, 3.05) is 6.79 Å². The van der Waals surface area contributed by atoms with Crippen LogP contribution in [-0.4, -0.2) is 18.4 Å². The van der Waals surface area contributed by atoms with Gasteiger partial charge < -0.3 is 18.9 Å². The lowest BCUT2D eigenvalue weighted by Crippen LogP contribution is -2.41. The second-order valence-corrected chi connectivity index (χ2v) is 5.91. The van der Waals surface area contributed by atoms with E-state index in [1.54, 1.807) is 56.3 Å². The molecule has 0 aliphatic carbocycles. The third-order valence-corrected chi connectivity index (χ3v) is 3.48. The maximum absolute atomic E-state index is 12.4. The smallest absolute Gasteiger partial charge is 0.355 e. The number of fused-ring (bicyclic) bond motifs is 1. The molecule has 1 heterocycles. The largest absolute Gasteiger partial charge is 0.476 e. The van der Waals surface area contributed by atoms with Gasteiger partial charge >= 0.3 is 5.97 Å². The Hall–Kier alpha value is -2.40. The zero-order chi connectivity index (χ0) is 16.4. The molecule has 23 heavy (non-hydrogen) atoms. The molecule has 0 spiro atoms. The van der Waals surface area contributed by atoms with E-state index in [0.29, 0.717) is 28.0 Å². The first-order valence-electron chi connectivity index (χ1n) is 7.00. The van der Waals surface area contributed by atoms with Crippen molar-refractivity contribution >= 4 is 17.6 Å². The second-order valence-electron chi connectivity index (χ2n) is 5.47. The molecule has 0 N–H and O–H groups in total. The molecule has 120 valence electrons. The number of ether oxygens (including phenoxy) is 4. The minimum atomic E-state index is -1.16. The highest BCUT2D eigenvalue weighted by molar-refractivity contribution is 6.30. The van der Waals surface area contributed by atoms with Crippen LogP contribution < -0.4 is 18.9 Å². The van der Waals surface area contributed by atoms with E-state index < -0.39 is 11.6 Å². The molecule has 1 aliphatic rings. The van der Waals surface area contributed by atoms with Crippen LogP contribution >= 0.6 is 11.6 Å². The zero-order valence-corrected chi connectivity index (χ0v) is 13.4. The highest BCUT2D eigenvalue weighted by Crippen LogP contribution is 2.35. The SMILES string of the molecule is CC(C)(Oc1ccc(Cl)cc1)C(=O)Oc1ccc2c(c1)OCO2. The molecule has 0 unspecified atom stereocenters. The van der Waals surface area contributed by atoms with E-state index in [1.165, 1.54) is 0 Å². The second kappa shape index (κ2) is 6.01. The number of carbonyl (C=O) groups excluding carboxylic acids is 1. The Balaban J connectivity index is 1.69. The molecule has 2 aromatic carbocycles. The van der Waals surface area contributed by atoms with Gasteiger partial charge in [0.2, 0.25) is 12.4 Å². The fourth-order valence-electron chi connectivity index (χ4n) is 2.01. The van der Waals surface area contributed by atoms with Gasteiger partial charge in [-0.3, -0.25) is 0 Å². The van der Waals surface area contributed by atoms with Gasteiger partial charge in [0.25, 0.3) is 0 Å². The molecule has 0 radical (unpaired) electrons. The lowest BCUT2D eigenvalue weighted by molar-refractivity contribution is -0.149. The summed E-state index contributed by atoms with van der Waals surface area (Å²) in [5.41, 5.74) is -1.16.